The van der Waals surface area contributed by atoms with Gasteiger partial charge in [-0.3, -0.25) is 9.59 Å². The number of hydrogen-bond acceptors (Lipinski definition) is 3. The molecule has 2 heterocycles. The molecular formula is C18H24N2O2S. The summed E-state index contributed by atoms with van der Waals surface area (Å²) in [6, 6.07) is 7.53. The van der Waals surface area contributed by atoms with Crippen LogP contribution in [0.2, 0.25) is 0 Å². The average Bonchev–Trinajstić information content (AvgIpc) is 2.95. The Hall–Kier alpha value is -1.49. The van der Waals surface area contributed by atoms with E-state index < -0.39 is 0 Å². The molecule has 5 heteroatoms. The number of carbonyl (C=O) groups excluding carboxylic acids is 2. The maximum absolute atomic E-state index is 12.8. The molecular weight excluding hydrogens is 308 g/mol. The number of nitrogens with one attached hydrogen (secondary N) is 1. The van der Waals surface area contributed by atoms with E-state index in [0.717, 1.165) is 17.7 Å². The molecule has 2 amide bonds. The van der Waals surface area contributed by atoms with Crippen LogP contribution in [0.25, 0.3) is 0 Å². The first-order chi connectivity index (χ1) is 10.7. The fourth-order valence-electron chi connectivity index (χ4n) is 3.48. The van der Waals surface area contributed by atoms with Crippen molar-refractivity contribution in [1.82, 2.24) is 4.90 Å². The van der Waals surface area contributed by atoms with E-state index >= 15 is 0 Å². The molecule has 1 aromatic rings. The number of para-hydroxylation sites is 1. The van der Waals surface area contributed by atoms with Crippen LogP contribution < -0.4 is 5.32 Å². The van der Waals surface area contributed by atoms with Gasteiger partial charge in [0.1, 0.15) is 6.04 Å². The third kappa shape index (κ3) is 2.87. The summed E-state index contributed by atoms with van der Waals surface area (Å²) in [5, 5.41) is 3.06. The maximum atomic E-state index is 12.8. The predicted molar refractivity (Wildman–Crippen MR) is 94.5 cm³/mol. The van der Waals surface area contributed by atoms with Crippen molar-refractivity contribution in [1.29, 1.82) is 0 Å². The Balaban J connectivity index is 1.83. The maximum Gasteiger partial charge on any atom is 0.248 e. The lowest BCUT2D eigenvalue weighted by molar-refractivity contribution is -0.135. The Morgan fingerprint density at radius 2 is 2.04 bits per heavy atom. The van der Waals surface area contributed by atoms with E-state index in [9.17, 15) is 9.59 Å². The number of fused-ring (bicyclic) bond motifs is 1. The summed E-state index contributed by atoms with van der Waals surface area (Å²) >= 11 is 1.72. The minimum absolute atomic E-state index is 0.0493. The summed E-state index contributed by atoms with van der Waals surface area (Å²) < 4.78 is 0. The second kappa shape index (κ2) is 5.55. The first kappa shape index (κ1) is 16.4. The van der Waals surface area contributed by atoms with Crippen molar-refractivity contribution in [2.45, 2.75) is 56.9 Å². The quantitative estimate of drug-likeness (QED) is 0.903. The molecule has 2 fully saturated rings. The summed E-state index contributed by atoms with van der Waals surface area (Å²) in [6.45, 7) is 8.46. The molecule has 1 N–H and O–H groups in total. The highest BCUT2D eigenvalue weighted by molar-refractivity contribution is 8.01. The van der Waals surface area contributed by atoms with Gasteiger partial charge in [-0.05, 0) is 30.4 Å². The average molecular weight is 332 g/mol. The number of nitrogens with zero attached hydrogens (tertiary/aromatic N) is 1. The van der Waals surface area contributed by atoms with Gasteiger partial charge >= 0.3 is 0 Å². The summed E-state index contributed by atoms with van der Waals surface area (Å²) in [7, 11) is 0. The molecule has 3 rings (SSSR count). The van der Waals surface area contributed by atoms with Gasteiger partial charge in [0, 0.05) is 17.9 Å². The van der Waals surface area contributed by atoms with E-state index in [1.165, 1.54) is 0 Å². The van der Waals surface area contributed by atoms with Crippen molar-refractivity contribution in [2.24, 2.45) is 0 Å². The van der Waals surface area contributed by atoms with Crippen LogP contribution in [0.3, 0.4) is 0 Å². The molecule has 2 aliphatic heterocycles. The highest BCUT2D eigenvalue weighted by atomic mass is 32.2. The normalized spacial score (nSPS) is 27.2. The van der Waals surface area contributed by atoms with Crippen LogP contribution in [0.15, 0.2) is 24.3 Å². The third-order valence-electron chi connectivity index (χ3n) is 4.74. The lowest BCUT2D eigenvalue weighted by Gasteiger charge is -2.30. The number of carbonyl (C=O) groups is 2. The highest BCUT2D eigenvalue weighted by Crippen LogP contribution is 2.47. The second-order valence-electron chi connectivity index (χ2n) is 7.55. The molecule has 0 aromatic heterocycles. The van der Waals surface area contributed by atoms with Gasteiger partial charge in [-0.25, -0.2) is 0 Å². The molecule has 0 aliphatic carbocycles. The minimum Gasteiger partial charge on any atom is -0.324 e. The van der Waals surface area contributed by atoms with Gasteiger partial charge in [-0.1, -0.05) is 39.0 Å². The largest absolute Gasteiger partial charge is 0.324 e. The van der Waals surface area contributed by atoms with Gasteiger partial charge < -0.3 is 10.2 Å². The number of hydrogen-bond donors (Lipinski definition) is 1. The lowest BCUT2D eigenvalue weighted by atomic mass is 9.86. The van der Waals surface area contributed by atoms with Crippen LogP contribution >= 0.6 is 11.8 Å². The van der Waals surface area contributed by atoms with Crippen LogP contribution in [0.5, 0.6) is 0 Å². The van der Waals surface area contributed by atoms with E-state index in [2.05, 4.69) is 33.0 Å². The number of rotatable bonds is 2. The van der Waals surface area contributed by atoms with Crippen LogP contribution in [0, 0.1) is 0 Å². The zero-order chi connectivity index (χ0) is 16.8. The molecule has 1 aromatic carbocycles. The highest BCUT2D eigenvalue weighted by Gasteiger charge is 2.52. The number of thioether (sulfide) groups is 1. The fraction of sp³-hybridized carbons (Fsp3) is 0.556. The van der Waals surface area contributed by atoms with Gasteiger partial charge in [0.25, 0.3) is 0 Å². The third-order valence-corrected chi connectivity index (χ3v) is 6.25. The van der Waals surface area contributed by atoms with E-state index in [0.29, 0.717) is 12.2 Å². The van der Waals surface area contributed by atoms with Crippen LogP contribution in [-0.2, 0) is 15.0 Å². The topological polar surface area (TPSA) is 49.4 Å². The Bertz CT molecular complexity index is 653. The van der Waals surface area contributed by atoms with Gasteiger partial charge in [-0.2, -0.15) is 0 Å². The summed E-state index contributed by atoms with van der Waals surface area (Å²) in [5.41, 5.74) is 1.90. The van der Waals surface area contributed by atoms with Crippen molar-refractivity contribution >= 4 is 29.3 Å². The molecule has 2 unspecified atom stereocenters. The number of benzene rings is 1. The standard InChI is InChI=1S/C18H24N2O2S/c1-17(2,3)12-7-5-6-8-13(12)19-16(22)14-11-23-18(4)10-9-15(21)20(14)18/h5-8,14H,9-11H2,1-4H3,(H,19,22). The van der Waals surface area contributed by atoms with Gasteiger partial charge in [-0.15, -0.1) is 11.8 Å². The molecule has 2 atom stereocenters. The van der Waals surface area contributed by atoms with Gasteiger partial charge in [0.2, 0.25) is 11.8 Å². The molecule has 0 saturated carbocycles. The fourth-order valence-corrected chi connectivity index (χ4v) is 4.91. The molecule has 124 valence electrons. The summed E-state index contributed by atoms with van der Waals surface area (Å²) in [6.07, 6.45) is 1.38. The molecule has 2 saturated heterocycles. The van der Waals surface area contributed by atoms with Crippen molar-refractivity contribution in [3.63, 3.8) is 0 Å². The summed E-state index contributed by atoms with van der Waals surface area (Å²) in [5.74, 6) is 0.695. The molecule has 23 heavy (non-hydrogen) atoms. The van der Waals surface area contributed by atoms with Crippen LogP contribution in [-0.4, -0.2) is 33.4 Å². The molecule has 4 nitrogen and oxygen atoms in total. The first-order valence-corrected chi connectivity index (χ1v) is 9.07. The Labute approximate surface area is 142 Å². The molecule has 2 aliphatic rings. The number of amides is 2. The smallest absolute Gasteiger partial charge is 0.248 e. The monoisotopic (exact) mass is 332 g/mol. The van der Waals surface area contributed by atoms with E-state index in [4.69, 9.17) is 0 Å². The first-order valence-electron chi connectivity index (χ1n) is 8.09. The SMILES string of the molecule is CC(C)(C)c1ccccc1NC(=O)C1CSC2(C)CCC(=O)N12. The predicted octanol–water partition coefficient (Wildman–Crippen LogP) is 3.38. The van der Waals surface area contributed by atoms with Gasteiger partial charge in [0.05, 0.1) is 4.87 Å². The Morgan fingerprint density at radius 1 is 1.35 bits per heavy atom. The van der Waals surface area contributed by atoms with Gasteiger partial charge in [0.15, 0.2) is 0 Å². The Morgan fingerprint density at radius 3 is 2.74 bits per heavy atom. The van der Waals surface area contributed by atoms with Crippen molar-refractivity contribution < 1.29 is 9.59 Å². The van der Waals surface area contributed by atoms with E-state index in [1.54, 1.807) is 16.7 Å². The molecule has 0 spiro atoms. The number of anilines is 1. The zero-order valence-electron chi connectivity index (χ0n) is 14.2. The molecule has 0 bridgehead atoms. The van der Waals surface area contributed by atoms with Crippen molar-refractivity contribution in [2.75, 3.05) is 11.1 Å². The van der Waals surface area contributed by atoms with Crippen LogP contribution in [0.1, 0.15) is 46.1 Å². The summed E-state index contributed by atoms with van der Waals surface area (Å²) in [4.78, 5) is 26.6. The van der Waals surface area contributed by atoms with Crippen molar-refractivity contribution in [3.05, 3.63) is 29.8 Å². The second-order valence-corrected chi connectivity index (χ2v) is 9.05. The minimum atomic E-state index is -0.368. The van der Waals surface area contributed by atoms with Crippen LogP contribution in [0.4, 0.5) is 5.69 Å². The lowest BCUT2D eigenvalue weighted by Crippen LogP contribution is -2.48. The Kier molecular flexibility index (Phi) is 3.95. The van der Waals surface area contributed by atoms with Crippen molar-refractivity contribution in [3.8, 4) is 0 Å². The van der Waals surface area contributed by atoms with E-state index in [-0.39, 0.29) is 28.1 Å². The molecule has 0 radical (unpaired) electrons. The van der Waals surface area contributed by atoms with E-state index in [1.807, 2.05) is 24.3 Å². The zero-order valence-corrected chi connectivity index (χ0v) is 15.0.